The number of thioether (sulfide) groups is 1. The monoisotopic (exact) mass is 409 g/mol. The van der Waals surface area contributed by atoms with Gasteiger partial charge in [-0.1, -0.05) is 11.8 Å². The molecule has 1 aliphatic heterocycles. The Balaban J connectivity index is 1.39. The van der Waals surface area contributed by atoms with Crippen molar-refractivity contribution in [3.05, 3.63) is 46.1 Å². The van der Waals surface area contributed by atoms with Crippen LogP contribution in [0.2, 0.25) is 0 Å². The normalized spacial score (nSPS) is 18.0. The Morgan fingerprint density at radius 2 is 2.14 bits per heavy atom. The molecule has 1 amide bonds. The summed E-state index contributed by atoms with van der Waals surface area (Å²) >= 11 is 3.26. The Kier molecular flexibility index (Phi) is 4.44. The molecule has 0 radical (unpaired) electrons. The zero-order chi connectivity index (χ0) is 19.3. The van der Waals surface area contributed by atoms with Gasteiger partial charge in [-0.2, -0.15) is 0 Å². The number of carbonyl (C=O) groups is 2. The number of aromatic nitrogens is 2. The van der Waals surface area contributed by atoms with E-state index < -0.39 is 0 Å². The number of Topliss-reactive ketones (excluding diaryl/α,β-unsaturated/α-hetero) is 1. The van der Waals surface area contributed by atoms with Crippen molar-refractivity contribution < 1.29 is 9.59 Å². The summed E-state index contributed by atoms with van der Waals surface area (Å²) in [7, 11) is 0. The summed E-state index contributed by atoms with van der Waals surface area (Å²) < 4.78 is 0. The summed E-state index contributed by atoms with van der Waals surface area (Å²) in [6.45, 7) is 1.86. The Morgan fingerprint density at radius 3 is 3.04 bits per heavy atom. The molecule has 3 heterocycles. The number of thiophene rings is 1. The number of benzene rings is 1. The standard InChI is InChI=1S/C21H19N3O2S2/c1-11-14-8-12(6-7-15(14)24-19(11)26)16(25)9-27-20-18-13-4-2-3-5-17(13)28-21(18)23-10-22-20/h6-8,10-11H,2-5,9H2,1H3,(H,24,26)/t11-/m0/s1. The quantitative estimate of drug-likeness (QED) is 0.387. The molecule has 2 aromatic heterocycles. The van der Waals surface area contributed by atoms with Crippen LogP contribution in [0.3, 0.4) is 0 Å². The number of amides is 1. The van der Waals surface area contributed by atoms with Crippen LogP contribution in [0.25, 0.3) is 10.2 Å². The maximum atomic E-state index is 12.8. The van der Waals surface area contributed by atoms with Gasteiger partial charge in [0.1, 0.15) is 16.2 Å². The van der Waals surface area contributed by atoms with E-state index in [2.05, 4.69) is 15.3 Å². The molecule has 2 aliphatic rings. The zero-order valence-corrected chi connectivity index (χ0v) is 17.1. The first-order valence-corrected chi connectivity index (χ1v) is 11.3. The first-order valence-electron chi connectivity index (χ1n) is 9.48. The largest absolute Gasteiger partial charge is 0.325 e. The molecule has 1 aromatic carbocycles. The number of nitrogens with one attached hydrogen (secondary N) is 1. The average molecular weight is 410 g/mol. The van der Waals surface area contributed by atoms with Gasteiger partial charge in [0.15, 0.2) is 5.78 Å². The van der Waals surface area contributed by atoms with Crippen molar-refractivity contribution in [2.75, 3.05) is 11.1 Å². The number of hydrogen-bond acceptors (Lipinski definition) is 6. The van der Waals surface area contributed by atoms with Crippen LogP contribution in [0, 0.1) is 0 Å². The summed E-state index contributed by atoms with van der Waals surface area (Å²) in [6, 6.07) is 5.47. The fraction of sp³-hybridized carbons (Fsp3) is 0.333. The van der Waals surface area contributed by atoms with Gasteiger partial charge in [0.05, 0.1) is 11.7 Å². The summed E-state index contributed by atoms with van der Waals surface area (Å²) in [4.78, 5) is 36.0. The van der Waals surface area contributed by atoms with Gasteiger partial charge >= 0.3 is 0 Å². The topological polar surface area (TPSA) is 72.0 Å². The molecule has 0 fully saturated rings. The first kappa shape index (κ1) is 17.8. The number of nitrogens with zero attached hydrogens (tertiary/aromatic N) is 2. The molecule has 7 heteroatoms. The third-order valence-electron chi connectivity index (χ3n) is 5.55. The lowest BCUT2D eigenvalue weighted by Gasteiger charge is -2.11. The van der Waals surface area contributed by atoms with Gasteiger partial charge in [-0.05, 0) is 61.9 Å². The summed E-state index contributed by atoms with van der Waals surface area (Å²) in [5, 5.41) is 4.90. The minimum atomic E-state index is -0.214. The van der Waals surface area contributed by atoms with E-state index in [-0.39, 0.29) is 17.6 Å². The summed E-state index contributed by atoms with van der Waals surface area (Å²) in [6.07, 6.45) is 6.25. The van der Waals surface area contributed by atoms with E-state index >= 15 is 0 Å². The number of hydrogen-bond donors (Lipinski definition) is 1. The third-order valence-corrected chi connectivity index (χ3v) is 7.74. The van der Waals surface area contributed by atoms with Crippen LogP contribution < -0.4 is 5.32 Å². The smallest absolute Gasteiger partial charge is 0.231 e. The van der Waals surface area contributed by atoms with Crippen molar-refractivity contribution >= 4 is 50.7 Å². The minimum Gasteiger partial charge on any atom is -0.325 e. The predicted molar refractivity (Wildman–Crippen MR) is 113 cm³/mol. The highest BCUT2D eigenvalue weighted by atomic mass is 32.2. The lowest BCUT2D eigenvalue weighted by Crippen LogP contribution is -2.08. The Labute approximate surface area is 171 Å². The van der Waals surface area contributed by atoms with E-state index in [1.807, 2.05) is 19.1 Å². The molecule has 0 spiro atoms. The molecule has 0 bridgehead atoms. The fourth-order valence-electron chi connectivity index (χ4n) is 3.98. The van der Waals surface area contributed by atoms with Crippen LogP contribution in [0.1, 0.15) is 52.0 Å². The maximum Gasteiger partial charge on any atom is 0.231 e. The lowest BCUT2D eigenvalue weighted by molar-refractivity contribution is -0.116. The van der Waals surface area contributed by atoms with Crippen LogP contribution in [0.5, 0.6) is 0 Å². The Hall–Kier alpha value is -2.25. The van der Waals surface area contributed by atoms with E-state index in [1.54, 1.807) is 23.7 Å². The third kappa shape index (κ3) is 2.93. The number of rotatable bonds is 4. The zero-order valence-electron chi connectivity index (χ0n) is 15.4. The van der Waals surface area contributed by atoms with Crippen LogP contribution in [-0.4, -0.2) is 27.4 Å². The second-order valence-electron chi connectivity index (χ2n) is 7.29. The number of fused-ring (bicyclic) bond motifs is 4. The molecule has 1 aliphatic carbocycles. The van der Waals surface area contributed by atoms with Gasteiger partial charge in [-0.3, -0.25) is 9.59 Å². The lowest BCUT2D eigenvalue weighted by atomic mass is 9.97. The summed E-state index contributed by atoms with van der Waals surface area (Å²) in [5.74, 6) is 0.148. The predicted octanol–water partition coefficient (Wildman–Crippen LogP) is 4.60. The van der Waals surface area contributed by atoms with E-state index in [4.69, 9.17) is 0 Å². The Morgan fingerprint density at radius 1 is 1.29 bits per heavy atom. The molecule has 142 valence electrons. The molecule has 0 saturated carbocycles. The average Bonchev–Trinajstić information content (AvgIpc) is 3.23. The number of carbonyl (C=O) groups excluding carboxylic acids is 2. The molecule has 5 nitrogen and oxygen atoms in total. The van der Waals surface area contributed by atoms with Crippen molar-refractivity contribution in [2.45, 2.75) is 43.6 Å². The number of aryl methyl sites for hydroxylation is 2. The molecule has 3 aromatic rings. The fourth-order valence-corrected chi connectivity index (χ4v) is 6.19. The minimum absolute atomic E-state index is 0.0143. The van der Waals surface area contributed by atoms with Crippen LogP contribution in [0.4, 0.5) is 5.69 Å². The molecule has 1 N–H and O–H groups in total. The van der Waals surface area contributed by atoms with Gasteiger partial charge in [-0.15, -0.1) is 11.3 Å². The molecule has 1 atom stereocenters. The van der Waals surface area contributed by atoms with Gasteiger partial charge in [0.25, 0.3) is 0 Å². The molecule has 5 rings (SSSR count). The second-order valence-corrected chi connectivity index (χ2v) is 9.34. The van der Waals surface area contributed by atoms with Crippen LogP contribution in [-0.2, 0) is 17.6 Å². The van der Waals surface area contributed by atoms with Crippen molar-refractivity contribution in [3.63, 3.8) is 0 Å². The summed E-state index contributed by atoms with van der Waals surface area (Å²) in [5.41, 5.74) is 3.74. The molecule has 0 unspecified atom stereocenters. The van der Waals surface area contributed by atoms with Gasteiger partial charge in [-0.25, -0.2) is 9.97 Å². The molecule has 0 saturated heterocycles. The number of ketones is 1. The van der Waals surface area contributed by atoms with Gasteiger partial charge < -0.3 is 5.32 Å². The Bertz CT molecular complexity index is 1120. The highest BCUT2D eigenvalue weighted by Gasteiger charge is 2.27. The highest BCUT2D eigenvalue weighted by molar-refractivity contribution is 8.00. The van der Waals surface area contributed by atoms with Crippen molar-refractivity contribution in [2.24, 2.45) is 0 Å². The van der Waals surface area contributed by atoms with Crippen molar-refractivity contribution in [1.29, 1.82) is 0 Å². The van der Waals surface area contributed by atoms with E-state index in [9.17, 15) is 9.59 Å². The van der Waals surface area contributed by atoms with Crippen LogP contribution >= 0.6 is 23.1 Å². The van der Waals surface area contributed by atoms with Gasteiger partial charge in [0.2, 0.25) is 5.91 Å². The molecular formula is C21H19N3O2S2. The SMILES string of the molecule is C[C@@H]1C(=O)Nc2ccc(C(=O)CSc3ncnc4sc5c(c34)CCCC5)cc21. The maximum absolute atomic E-state index is 12.8. The van der Waals surface area contributed by atoms with Crippen LogP contribution in [0.15, 0.2) is 29.6 Å². The van der Waals surface area contributed by atoms with Crippen molar-refractivity contribution in [3.8, 4) is 0 Å². The first-order chi connectivity index (χ1) is 13.6. The van der Waals surface area contributed by atoms with E-state index in [1.165, 1.54) is 35.0 Å². The number of anilines is 1. The molecule has 28 heavy (non-hydrogen) atoms. The van der Waals surface area contributed by atoms with Crippen molar-refractivity contribution in [1.82, 2.24) is 9.97 Å². The van der Waals surface area contributed by atoms with Gasteiger partial charge in [0, 0.05) is 21.5 Å². The van der Waals surface area contributed by atoms with E-state index in [0.717, 1.165) is 39.3 Å². The second kappa shape index (κ2) is 6.97. The molecular weight excluding hydrogens is 390 g/mol. The highest BCUT2D eigenvalue weighted by Crippen LogP contribution is 2.39. The van der Waals surface area contributed by atoms with E-state index in [0.29, 0.717) is 11.3 Å².